The fourth-order valence-electron chi connectivity index (χ4n) is 3.89. The third-order valence-corrected chi connectivity index (χ3v) is 12.5. The molecule has 0 unspecified atom stereocenters. The first-order valence-electron chi connectivity index (χ1n) is 9.78. The van der Waals surface area contributed by atoms with Crippen LogP contribution < -0.4 is 0 Å². The zero-order valence-electron chi connectivity index (χ0n) is 18.1. The van der Waals surface area contributed by atoms with Gasteiger partial charge in [0.15, 0.2) is 14.4 Å². The lowest BCUT2D eigenvalue weighted by molar-refractivity contribution is -0.159. The molecule has 1 amide bonds. The summed E-state index contributed by atoms with van der Waals surface area (Å²) in [5.41, 5.74) is -1.24. The van der Waals surface area contributed by atoms with Crippen molar-refractivity contribution < 1.29 is 28.3 Å². The number of carbonyl (C=O) groups excluding carboxylic acids is 3. The molecule has 0 saturated carbocycles. The maximum atomic E-state index is 13.4. The number of aldehydes is 1. The summed E-state index contributed by atoms with van der Waals surface area (Å²) in [5.74, 6) is -1.40. The van der Waals surface area contributed by atoms with Crippen LogP contribution in [0.25, 0.3) is 0 Å². The highest BCUT2D eigenvalue weighted by atomic mass is 127. The number of fused-ring (bicyclic) bond motifs is 1. The summed E-state index contributed by atoms with van der Waals surface area (Å²) in [6.45, 7) is 15.0. The minimum atomic E-state index is -2.01. The Labute approximate surface area is 187 Å². The van der Waals surface area contributed by atoms with Gasteiger partial charge in [-0.1, -0.05) is 49.4 Å². The molecular formula is C20H32INO6Si. The summed E-state index contributed by atoms with van der Waals surface area (Å²) < 4.78 is 17.2. The molecule has 2 aliphatic rings. The predicted octanol–water partition coefficient (Wildman–Crippen LogP) is 2.72. The van der Waals surface area contributed by atoms with Crippen molar-refractivity contribution in [3.8, 4) is 0 Å². The van der Waals surface area contributed by atoms with Crippen LogP contribution >= 0.6 is 22.6 Å². The van der Waals surface area contributed by atoms with E-state index < -0.39 is 38.0 Å². The van der Waals surface area contributed by atoms with E-state index in [9.17, 15) is 14.4 Å². The molecule has 7 nitrogen and oxygen atoms in total. The number of esters is 1. The highest BCUT2D eigenvalue weighted by Crippen LogP contribution is 2.52. The molecule has 2 aliphatic heterocycles. The molecule has 2 fully saturated rings. The standard InChI is InChI=1S/C20H32INO6Si/c1-8-13-15(21)14-17(24)22(10-12-27-29(6,7)19(2,3)4)16(18(25)26-5)20(14,28-13)9-11-23/h8,11,13-16H,1,9-10,12H2,2-7H3/t13-,14+,15-,16-,20+/m0/s1. The molecule has 0 aromatic carbocycles. The van der Waals surface area contributed by atoms with Gasteiger partial charge >= 0.3 is 5.97 Å². The van der Waals surface area contributed by atoms with Crippen molar-refractivity contribution in [1.82, 2.24) is 4.90 Å². The lowest BCUT2D eigenvalue weighted by Crippen LogP contribution is -2.54. The van der Waals surface area contributed by atoms with Crippen LogP contribution in [0.5, 0.6) is 0 Å². The highest BCUT2D eigenvalue weighted by Gasteiger charge is 2.69. The van der Waals surface area contributed by atoms with Crippen molar-refractivity contribution >= 4 is 49.1 Å². The van der Waals surface area contributed by atoms with Crippen LogP contribution in [0.2, 0.25) is 18.1 Å². The molecule has 5 atom stereocenters. The van der Waals surface area contributed by atoms with Crippen molar-refractivity contribution in [1.29, 1.82) is 0 Å². The fraction of sp³-hybridized carbons (Fsp3) is 0.750. The molecule has 2 heterocycles. The first kappa shape index (κ1) is 24.5. The van der Waals surface area contributed by atoms with Crippen LogP contribution in [0.4, 0.5) is 0 Å². The number of hydrogen-bond donors (Lipinski definition) is 0. The molecule has 0 aromatic rings. The van der Waals surface area contributed by atoms with Gasteiger partial charge in [0, 0.05) is 13.0 Å². The minimum absolute atomic E-state index is 0.0343. The summed E-state index contributed by atoms with van der Waals surface area (Å²) in [5, 5.41) is 0.0343. The van der Waals surface area contributed by atoms with E-state index in [1.807, 2.05) is 0 Å². The van der Waals surface area contributed by atoms with Crippen molar-refractivity contribution in [3.05, 3.63) is 12.7 Å². The molecule has 0 N–H and O–H groups in total. The number of likely N-dealkylation sites (tertiary alicyclic amines) is 1. The fourth-order valence-corrected chi connectivity index (χ4v) is 6.28. The largest absolute Gasteiger partial charge is 0.467 e. The van der Waals surface area contributed by atoms with E-state index in [0.717, 1.165) is 0 Å². The Kier molecular flexibility index (Phi) is 7.39. The van der Waals surface area contributed by atoms with Crippen molar-refractivity contribution in [2.45, 2.75) is 67.0 Å². The molecule has 0 aliphatic carbocycles. The topological polar surface area (TPSA) is 82.1 Å². The van der Waals surface area contributed by atoms with E-state index in [1.54, 1.807) is 6.08 Å². The second-order valence-electron chi connectivity index (χ2n) is 9.13. The van der Waals surface area contributed by atoms with E-state index in [1.165, 1.54) is 12.0 Å². The summed E-state index contributed by atoms with van der Waals surface area (Å²) in [6.07, 6.45) is 1.85. The molecule has 9 heteroatoms. The summed E-state index contributed by atoms with van der Waals surface area (Å²) in [7, 11) is -0.727. The first-order valence-corrected chi connectivity index (χ1v) is 13.9. The quantitative estimate of drug-likeness (QED) is 0.118. The monoisotopic (exact) mass is 537 g/mol. The lowest BCUT2D eigenvalue weighted by atomic mass is 9.82. The molecule has 2 rings (SSSR count). The van der Waals surface area contributed by atoms with Crippen molar-refractivity contribution in [2.24, 2.45) is 5.92 Å². The van der Waals surface area contributed by atoms with Gasteiger partial charge in [0.05, 0.1) is 29.7 Å². The minimum Gasteiger partial charge on any atom is -0.467 e. The van der Waals surface area contributed by atoms with Crippen LogP contribution in [-0.2, 0) is 28.3 Å². The predicted molar refractivity (Wildman–Crippen MR) is 120 cm³/mol. The number of halogens is 1. The van der Waals surface area contributed by atoms with Gasteiger partial charge in [0.2, 0.25) is 5.91 Å². The van der Waals surface area contributed by atoms with Gasteiger partial charge in [-0.05, 0) is 18.1 Å². The van der Waals surface area contributed by atoms with Gasteiger partial charge in [0.25, 0.3) is 0 Å². The lowest BCUT2D eigenvalue weighted by Gasteiger charge is -2.37. The van der Waals surface area contributed by atoms with E-state index in [2.05, 4.69) is 63.0 Å². The van der Waals surface area contributed by atoms with Gasteiger partial charge in [0.1, 0.15) is 11.9 Å². The first-order chi connectivity index (χ1) is 13.4. The van der Waals surface area contributed by atoms with Crippen LogP contribution in [0, 0.1) is 5.92 Å². The van der Waals surface area contributed by atoms with E-state index in [4.69, 9.17) is 13.9 Å². The second kappa shape index (κ2) is 8.76. The smallest absolute Gasteiger partial charge is 0.331 e. The van der Waals surface area contributed by atoms with Crippen LogP contribution in [0.1, 0.15) is 27.2 Å². The molecule has 2 saturated heterocycles. The Hall–Kier alpha value is -0.783. The van der Waals surface area contributed by atoms with Crippen molar-refractivity contribution in [3.63, 3.8) is 0 Å². The maximum Gasteiger partial charge on any atom is 0.331 e. The Balaban J connectivity index is 2.33. The van der Waals surface area contributed by atoms with Crippen LogP contribution in [-0.4, -0.2) is 73.3 Å². The summed E-state index contributed by atoms with van der Waals surface area (Å²) >= 11 is 2.16. The second-order valence-corrected chi connectivity index (χ2v) is 15.4. The highest BCUT2D eigenvalue weighted by molar-refractivity contribution is 14.1. The van der Waals surface area contributed by atoms with Gasteiger partial charge in [-0.2, -0.15) is 0 Å². The number of rotatable bonds is 8. The zero-order chi connectivity index (χ0) is 22.2. The number of hydrogen-bond acceptors (Lipinski definition) is 6. The normalized spacial score (nSPS) is 32.2. The molecule has 0 aromatic heterocycles. The molecular weight excluding hydrogens is 505 g/mol. The molecule has 29 heavy (non-hydrogen) atoms. The third-order valence-electron chi connectivity index (χ3n) is 6.50. The number of methoxy groups -OCH3 is 1. The maximum absolute atomic E-state index is 13.4. The molecule has 164 valence electrons. The summed E-state index contributed by atoms with van der Waals surface area (Å²) in [6, 6.07) is -0.986. The molecule has 0 spiro atoms. The Morgan fingerprint density at radius 1 is 1.41 bits per heavy atom. The van der Waals surface area contributed by atoms with Gasteiger partial charge in [-0.15, -0.1) is 6.58 Å². The Bertz CT molecular complexity index is 678. The van der Waals surface area contributed by atoms with E-state index in [-0.39, 0.29) is 27.8 Å². The Morgan fingerprint density at radius 2 is 2.03 bits per heavy atom. The van der Waals surface area contributed by atoms with Crippen molar-refractivity contribution in [2.75, 3.05) is 20.3 Å². The van der Waals surface area contributed by atoms with Gasteiger partial charge in [-0.25, -0.2) is 4.79 Å². The third kappa shape index (κ3) is 4.20. The SMILES string of the molecule is C=C[C@@H]1O[C@@]2(CC=O)[C@H](C(=O)OC)N(CCO[Si](C)(C)C(C)(C)C)C(=O)[C@H]2[C@H]1I. The average Bonchev–Trinajstić information content (AvgIpc) is 3.03. The average molecular weight is 537 g/mol. The number of nitrogens with zero attached hydrogens (tertiary/aromatic N) is 1. The van der Waals surface area contributed by atoms with Crippen LogP contribution in [0.3, 0.4) is 0 Å². The van der Waals surface area contributed by atoms with E-state index >= 15 is 0 Å². The molecule has 0 bridgehead atoms. The number of carbonyl (C=O) groups is 3. The Morgan fingerprint density at radius 3 is 2.52 bits per heavy atom. The number of amides is 1. The number of alkyl halides is 1. The zero-order valence-corrected chi connectivity index (χ0v) is 21.2. The summed E-state index contributed by atoms with van der Waals surface area (Å²) in [4.78, 5) is 39.1. The van der Waals surface area contributed by atoms with Gasteiger partial charge in [-0.3, -0.25) is 4.79 Å². The number of ether oxygens (including phenoxy) is 2. The van der Waals surface area contributed by atoms with Gasteiger partial charge < -0.3 is 23.6 Å². The molecule has 0 radical (unpaired) electrons. The van der Waals surface area contributed by atoms with E-state index in [0.29, 0.717) is 12.9 Å². The van der Waals surface area contributed by atoms with Crippen LogP contribution in [0.15, 0.2) is 12.7 Å².